The van der Waals surface area contributed by atoms with E-state index >= 15 is 0 Å². The molecular weight excluding hydrogens is 330 g/mol. The van der Waals surface area contributed by atoms with E-state index in [1.54, 1.807) is 5.57 Å². The van der Waals surface area contributed by atoms with Crippen LogP contribution >= 0.6 is 0 Å². The predicted octanol–water partition coefficient (Wildman–Crippen LogP) is 3.37. The van der Waals surface area contributed by atoms with Crippen LogP contribution in [0.4, 0.5) is 0 Å². The minimum atomic E-state index is -1.82. The van der Waals surface area contributed by atoms with Gasteiger partial charge in [0.2, 0.25) is 0 Å². The molecule has 1 heterocycles. The van der Waals surface area contributed by atoms with Crippen molar-refractivity contribution in [3.63, 3.8) is 0 Å². The number of hydrogen-bond donors (Lipinski definition) is 2. The van der Waals surface area contributed by atoms with E-state index in [-0.39, 0.29) is 0 Å². The molecule has 0 amide bonds. The van der Waals surface area contributed by atoms with Crippen molar-refractivity contribution in [3.05, 3.63) is 77.4 Å². The fourth-order valence-corrected chi connectivity index (χ4v) is 2.75. The van der Waals surface area contributed by atoms with Crippen LogP contribution in [-0.2, 0) is 9.59 Å². The fraction of sp³-hybridized carbons (Fsp3) is 0.238. The van der Waals surface area contributed by atoms with Gasteiger partial charge in [-0.1, -0.05) is 60.7 Å². The standard InChI is InChI=1S/C19H21N.C2H2O4/c1-15(2)20-13-18(14-20)19(16-9-5-3-6-10-16)17-11-7-4-8-12-17;3-1(4)2(5)6/h3-12,15H,13-14H2,1-2H3;(H,3,4)(H,5,6). The molecular formula is C21H23NO4. The second-order valence-corrected chi connectivity index (χ2v) is 6.32. The normalized spacial score (nSPS) is 13.4. The molecule has 2 N–H and O–H groups in total. The maximum absolute atomic E-state index is 9.10. The molecule has 5 nitrogen and oxygen atoms in total. The van der Waals surface area contributed by atoms with Gasteiger partial charge in [-0.3, -0.25) is 4.90 Å². The molecule has 0 saturated carbocycles. The van der Waals surface area contributed by atoms with E-state index in [4.69, 9.17) is 19.8 Å². The first-order valence-corrected chi connectivity index (χ1v) is 8.43. The summed E-state index contributed by atoms with van der Waals surface area (Å²) in [5.41, 5.74) is 5.63. The van der Waals surface area contributed by atoms with Crippen LogP contribution in [0, 0.1) is 0 Å². The summed E-state index contributed by atoms with van der Waals surface area (Å²) in [7, 11) is 0. The zero-order valence-electron chi connectivity index (χ0n) is 14.9. The Morgan fingerprint density at radius 3 is 1.50 bits per heavy atom. The Balaban J connectivity index is 0.000000352. The Hall–Kier alpha value is -2.92. The molecule has 136 valence electrons. The minimum absolute atomic E-state index is 0.631. The fourth-order valence-electron chi connectivity index (χ4n) is 2.75. The number of rotatable bonds is 3. The van der Waals surface area contributed by atoms with Crippen LogP contribution < -0.4 is 0 Å². The van der Waals surface area contributed by atoms with Crippen molar-refractivity contribution >= 4 is 17.5 Å². The Morgan fingerprint density at radius 1 is 0.808 bits per heavy atom. The lowest BCUT2D eigenvalue weighted by molar-refractivity contribution is -0.159. The van der Waals surface area contributed by atoms with Crippen LogP contribution in [0.15, 0.2) is 66.2 Å². The highest BCUT2D eigenvalue weighted by molar-refractivity contribution is 6.27. The Kier molecular flexibility index (Phi) is 6.69. The number of carbonyl (C=O) groups is 2. The summed E-state index contributed by atoms with van der Waals surface area (Å²) in [6.07, 6.45) is 0. The number of carboxylic acids is 2. The van der Waals surface area contributed by atoms with Gasteiger partial charge < -0.3 is 10.2 Å². The maximum Gasteiger partial charge on any atom is 0.414 e. The summed E-state index contributed by atoms with van der Waals surface area (Å²) in [5, 5.41) is 14.8. The van der Waals surface area contributed by atoms with Gasteiger partial charge >= 0.3 is 11.9 Å². The molecule has 1 aliphatic rings. The molecule has 0 bridgehead atoms. The van der Waals surface area contributed by atoms with E-state index in [2.05, 4.69) is 79.4 Å². The molecule has 1 saturated heterocycles. The molecule has 0 spiro atoms. The van der Waals surface area contributed by atoms with Gasteiger partial charge in [-0.2, -0.15) is 0 Å². The van der Waals surface area contributed by atoms with Crippen molar-refractivity contribution in [2.24, 2.45) is 0 Å². The number of aliphatic carboxylic acids is 2. The maximum atomic E-state index is 9.10. The first-order valence-electron chi connectivity index (χ1n) is 8.43. The van der Waals surface area contributed by atoms with Crippen LogP contribution in [0.25, 0.3) is 5.57 Å². The van der Waals surface area contributed by atoms with Gasteiger partial charge in [0, 0.05) is 19.1 Å². The van der Waals surface area contributed by atoms with E-state index in [0.717, 1.165) is 13.1 Å². The van der Waals surface area contributed by atoms with E-state index in [1.165, 1.54) is 16.7 Å². The van der Waals surface area contributed by atoms with E-state index in [9.17, 15) is 0 Å². The van der Waals surface area contributed by atoms with Gasteiger partial charge in [-0.25, -0.2) is 9.59 Å². The van der Waals surface area contributed by atoms with Crippen LogP contribution in [0.5, 0.6) is 0 Å². The third-order valence-corrected chi connectivity index (χ3v) is 4.18. The summed E-state index contributed by atoms with van der Waals surface area (Å²) < 4.78 is 0. The number of nitrogens with zero attached hydrogens (tertiary/aromatic N) is 1. The monoisotopic (exact) mass is 353 g/mol. The SMILES string of the molecule is CC(C)N1CC(=C(c2ccccc2)c2ccccc2)C1.O=C(O)C(=O)O. The van der Waals surface area contributed by atoms with Gasteiger partial charge in [0.05, 0.1) is 0 Å². The van der Waals surface area contributed by atoms with Gasteiger partial charge in [-0.15, -0.1) is 0 Å². The van der Waals surface area contributed by atoms with Gasteiger partial charge in [0.25, 0.3) is 0 Å². The van der Waals surface area contributed by atoms with Crippen LogP contribution in [0.2, 0.25) is 0 Å². The van der Waals surface area contributed by atoms with Gasteiger partial charge in [-0.05, 0) is 36.1 Å². The highest BCUT2D eigenvalue weighted by Gasteiger charge is 2.26. The Bertz CT molecular complexity index is 721. The first-order chi connectivity index (χ1) is 12.4. The lowest BCUT2D eigenvalue weighted by Crippen LogP contribution is -2.45. The van der Waals surface area contributed by atoms with Crippen LogP contribution in [0.3, 0.4) is 0 Å². The minimum Gasteiger partial charge on any atom is -0.473 e. The third-order valence-electron chi connectivity index (χ3n) is 4.18. The molecule has 0 radical (unpaired) electrons. The van der Waals surface area contributed by atoms with Crippen molar-refractivity contribution in [2.45, 2.75) is 19.9 Å². The molecule has 0 aliphatic carbocycles. The molecule has 2 aromatic rings. The highest BCUT2D eigenvalue weighted by Crippen LogP contribution is 2.32. The number of benzene rings is 2. The van der Waals surface area contributed by atoms with Crippen molar-refractivity contribution < 1.29 is 19.8 Å². The number of likely N-dealkylation sites (tertiary alicyclic amines) is 1. The Morgan fingerprint density at radius 2 is 1.19 bits per heavy atom. The Labute approximate surface area is 153 Å². The van der Waals surface area contributed by atoms with Crippen molar-refractivity contribution in [3.8, 4) is 0 Å². The molecule has 0 atom stereocenters. The molecule has 1 fully saturated rings. The third kappa shape index (κ3) is 5.04. The van der Waals surface area contributed by atoms with E-state index in [1.807, 2.05) is 0 Å². The quantitative estimate of drug-likeness (QED) is 0.827. The van der Waals surface area contributed by atoms with Crippen LogP contribution in [0.1, 0.15) is 25.0 Å². The van der Waals surface area contributed by atoms with Crippen LogP contribution in [-0.4, -0.2) is 46.2 Å². The summed E-state index contributed by atoms with van der Waals surface area (Å²) in [6.45, 7) is 6.72. The second kappa shape index (κ2) is 8.97. The summed E-state index contributed by atoms with van der Waals surface area (Å²) in [5.74, 6) is -3.65. The lowest BCUT2D eigenvalue weighted by atomic mass is 9.89. The average Bonchev–Trinajstić information content (AvgIpc) is 2.59. The van der Waals surface area contributed by atoms with Crippen molar-refractivity contribution in [2.75, 3.05) is 13.1 Å². The number of carboxylic acid groups (broad SMARTS) is 2. The number of hydrogen-bond acceptors (Lipinski definition) is 3. The molecule has 3 rings (SSSR count). The topological polar surface area (TPSA) is 77.8 Å². The zero-order chi connectivity index (χ0) is 19.1. The molecule has 1 aliphatic heterocycles. The molecule has 0 unspecified atom stereocenters. The summed E-state index contributed by atoms with van der Waals surface area (Å²) >= 11 is 0. The van der Waals surface area contributed by atoms with Crippen molar-refractivity contribution in [1.29, 1.82) is 0 Å². The first kappa shape index (κ1) is 19.4. The summed E-state index contributed by atoms with van der Waals surface area (Å²) in [4.78, 5) is 20.7. The molecule has 0 aromatic heterocycles. The molecule has 5 heteroatoms. The largest absolute Gasteiger partial charge is 0.473 e. The zero-order valence-corrected chi connectivity index (χ0v) is 14.9. The lowest BCUT2D eigenvalue weighted by Gasteiger charge is -2.39. The van der Waals surface area contributed by atoms with Gasteiger partial charge in [0.1, 0.15) is 0 Å². The summed E-state index contributed by atoms with van der Waals surface area (Å²) in [6, 6.07) is 22.1. The molecule has 2 aromatic carbocycles. The second-order valence-electron chi connectivity index (χ2n) is 6.32. The van der Waals surface area contributed by atoms with Gasteiger partial charge in [0.15, 0.2) is 0 Å². The van der Waals surface area contributed by atoms with E-state index < -0.39 is 11.9 Å². The smallest absolute Gasteiger partial charge is 0.414 e. The van der Waals surface area contributed by atoms with E-state index in [0.29, 0.717) is 6.04 Å². The highest BCUT2D eigenvalue weighted by atomic mass is 16.4. The average molecular weight is 353 g/mol. The molecule has 26 heavy (non-hydrogen) atoms. The van der Waals surface area contributed by atoms with Crippen molar-refractivity contribution in [1.82, 2.24) is 4.90 Å². The predicted molar refractivity (Wildman–Crippen MR) is 101 cm³/mol.